The van der Waals surface area contributed by atoms with Gasteiger partial charge < -0.3 is 76.2 Å². The molecule has 13 rings (SSSR count). The number of esters is 7. The van der Waals surface area contributed by atoms with Crippen molar-refractivity contribution in [1.29, 1.82) is 0 Å². The average Bonchev–Trinajstić information content (AvgIpc) is 0.777. The molecule has 0 radical (unpaired) electrons. The van der Waals surface area contributed by atoms with Crippen LogP contribution in [-0.2, 0) is 90.9 Å². The standard InChI is InChI=1S/C88H78O23/c89-79(60-37-17-4-18-38-60)100-54-69-72(107-81(91)62-41-21-6-22-42-62)75(109-83(93)64-45-25-8-26-46-64)78(111-85(95)66-49-29-10-30-50-66)88(105-69)102-55-67-70(97-51-57-31-11-1-12-32-57)73(98-52-58-33-13-2-14-34-58)77(99-53-59-35-15-3-16-36-59)87(104-67)101-56-68-71(106-80(90)61-39-19-5-20-40-61)74(108-82(92)63-43-23-7-24-44-63)76(86(96)103-68)110-84(94)65-47-27-9-28-48-65/h1-50,67-78,86-88,96H,51-56H2/t67-,68-,69-,70-,71-,72-,73+,74+,75+,76-,77+,78-,86+,87+,88-/m1/s1. The highest BCUT2D eigenvalue weighted by molar-refractivity contribution is 5.93. The zero-order valence-electron chi connectivity index (χ0n) is 59.7. The van der Waals surface area contributed by atoms with Crippen LogP contribution < -0.4 is 0 Å². The lowest BCUT2D eigenvalue weighted by atomic mass is 9.96. The van der Waals surface area contributed by atoms with E-state index in [0.29, 0.717) is 11.1 Å². The molecule has 3 aliphatic heterocycles. The summed E-state index contributed by atoms with van der Waals surface area (Å²) < 4.78 is 99.3. The van der Waals surface area contributed by atoms with Crippen molar-refractivity contribution in [2.75, 3.05) is 19.8 Å². The van der Waals surface area contributed by atoms with Gasteiger partial charge in [0.1, 0.15) is 43.2 Å². The van der Waals surface area contributed by atoms with E-state index in [1.807, 2.05) is 91.0 Å². The summed E-state index contributed by atoms with van der Waals surface area (Å²) in [6, 6.07) is 83.0. The number of carbonyl (C=O) groups is 7. The molecule has 23 nitrogen and oxygen atoms in total. The van der Waals surface area contributed by atoms with Crippen LogP contribution in [0.2, 0.25) is 0 Å². The first-order valence-electron chi connectivity index (χ1n) is 36.0. The summed E-state index contributed by atoms with van der Waals surface area (Å²) in [5.74, 6) is -6.48. The molecule has 0 spiro atoms. The molecule has 3 heterocycles. The first-order valence-corrected chi connectivity index (χ1v) is 36.0. The first-order chi connectivity index (χ1) is 54.4. The minimum absolute atomic E-state index is 0.0435. The van der Waals surface area contributed by atoms with Crippen molar-refractivity contribution in [3.8, 4) is 0 Å². The summed E-state index contributed by atoms with van der Waals surface area (Å²) in [6.45, 7) is -2.25. The lowest BCUT2D eigenvalue weighted by molar-refractivity contribution is -0.352. The van der Waals surface area contributed by atoms with Crippen molar-refractivity contribution in [1.82, 2.24) is 0 Å². The molecule has 10 aromatic rings. The molecule has 0 saturated carbocycles. The van der Waals surface area contributed by atoms with E-state index in [9.17, 15) is 38.7 Å². The van der Waals surface area contributed by atoms with Crippen molar-refractivity contribution < 1.29 is 110 Å². The number of hydrogen-bond donors (Lipinski definition) is 1. The fourth-order valence-electron chi connectivity index (χ4n) is 12.8. The summed E-state index contributed by atoms with van der Waals surface area (Å²) in [7, 11) is 0. The van der Waals surface area contributed by atoms with Gasteiger partial charge >= 0.3 is 41.8 Å². The number of aliphatic hydroxyl groups is 1. The molecule has 0 bridgehead atoms. The van der Waals surface area contributed by atoms with E-state index in [1.165, 1.54) is 84.9 Å². The van der Waals surface area contributed by atoms with Crippen LogP contribution in [0.15, 0.2) is 303 Å². The molecule has 0 unspecified atom stereocenters. The Kier molecular flexibility index (Phi) is 26.8. The second kappa shape index (κ2) is 38.5. The molecular formula is C88H78O23. The van der Waals surface area contributed by atoms with Gasteiger partial charge in [0.2, 0.25) is 0 Å². The Bertz CT molecular complexity index is 4620. The summed E-state index contributed by atoms with van der Waals surface area (Å²) in [4.78, 5) is 101. The maximum absolute atomic E-state index is 14.8. The quantitative estimate of drug-likeness (QED) is 0.0323. The molecular weight excluding hydrogens is 1420 g/mol. The molecule has 3 fully saturated rings. The zero-order chi connectivity index (χ0) is 76.7. The van der Waals surface area contributed by atoms with Crippen LogP contribution in [0.4, 0.5) is 0 Å². The van der Waals surface area contributed by atoms with Crippen molar-refractivity contribution in [2.45, 2.75) is 112 Å². The molecule has 3 aliphatic rings. The van der Waals surface area contributed by atoms with E-state index >= 15 is 0 Å². The summed E-state index contributed by atoms with van der Waals surface area (Å²) in [5.41, 5.74) is 2.63. The van der Waals surface area contributed by atoms with Crippen LogP contribution in [0.1, 0.15) is 89.2 Å². The molecule has 0 aliphatic carbocycles. The number of ether oxygens (including phenoxy) is 15. The van der Waals surface area contributed by atoms with E-state index in [4.69, 9.17) is 71.1 Å². The second-order valence-corrected chi connectivity index (χ2v) is 26.0. The molecule has 111 heavy (non-hydrogen) atoms. The maximum atomic E-state index is 14.8. The molecule has 15 atom stereocenters. The highest BCUT2D eigenvalue weighted by atomic mass is 16.8. The van der Waals surface area contributed by atoms with Crippen LogP contribution in [0, 0.1) is 0 Å². The Balaban J connectivity index is 0.912. The van der Waals surface area contributed by atoms with Gasteiger partial charge in [-0.3, -0.25) is 0 Å². The lowest BCUT2D eigenvalue weighted by Gasteiger charge is -2.48. The van der Waals surface area contributed by atoms with Gasteiger partial charge in [0.15, 0.2) is 55.5 Å². The molecule has 0 amide bonds. The predicted molar refractivity (Wildman–Crippen MR) is 396 cm³/mol. The fourth-order valence-corrected chi connectivity index (χ4v) is 12.8. The lowest BCUT2D eigenvalue weighted by Crippen LogP contribution is -2.65. The summed E-state index contributed by atoms with van der Waals surface area (Å²) >= 11 is 0. The van der Waals surface area contributed by atoms with Crippen LogP contribution in [0.3, 0.4) is 0 Å². The molecule has 23 heteroatoms. The fraction of sp³-hybridized carbons (Fsp3) is 0.239. The third kappa shape index (κ3) is 20.5. The van der Waals surface area contributed by atoms with Gasteiger partial charge in [-0.15, -0.1) is 0 Å². The Morgan fingerprint density at radius 2 is 0.477 bits per heavy atom. The van der Waals surface area contributed by atoms with Crippen LogP contribution in [0.5, 0.6) is 0 Å². The zero-order valence-corrected chi connectivity index (χ0v) is 59.7. The smallest absolute Gasteiger partial charge is 0.338 e. The van der Waals surface area contributed by atoms with Gasteiger partial charge in [-0.25, -0.2) is 33.6 Å². The van der Waals surface area contributed by atoms with Gasteiger partial charge in [-0.1, -0.05) is 218 Å². The van der Waals surface area contributed by atoms with Crippen LogP contribution >= 0.6 is 0 Å². The minimum Gasteiger partial charge on any atom is -0.459 e. The third-order valence-electron chi connectivity index (χ3n) is 18.4. The van der Waals surface area contributed by atoms with E-state index in [2.05, 4.69) is 0 Å². The van der Waals surface area contributed by atoms with Crippen molar-refractivity contribution in [3.63, 3.8) is 0 Å². The van der Waals surface area contributed by atoms with Crippen LogP contribution in [0.25, 0.3) is 0 Å². The Morgan fingerprint density at radius 1 is 0.234 bits per heavy atom. The van der Waals surface area contributed by atoms with Crippen molar-refractivity contribution in [3.05, 3.63) is 359 Å². The average molecular weight is 1500 g/mol. The topological polar surface area (TPSA) is 278 Å². The van der Waals surface area contributed by atoms with Crippen molar-refractivity contribution in [2.24, 2.45) is 0 Å². The summed E-state index contributed by atoms with van der Waals surface area (Å²) in [5, 5.41) is 12.3. The molecule has 10 aromatic carbocycles. The number of carbonyl (C=O) groups excluding carboxylic acids is 7. The van der Waals surface area contributed by atoms with E-state index in [1.54, 1.807) is 127 Å². The number of benzene rings is 10. The van der Waals surface area contributed by atoms with Gasteiger partial charge in [0, 0.05) is 0 Å². The molecule has 1 N–H and O–H groups in total. The Hall–Kier alpha value is -11.9. The number of aliphatic hydroxyl groups excluding tert-OH is 1. The van der Waals surface area contributed by atoms with Gasteiger partial charge in [0.25, 0.3) is 0 Å². The monoisotopic (exact) mass is 1500 g/mol. The molecule has 0 aromatic heterocycles. The normalized spacial score (nSPS) is 23.5. The number of rotatable bonds is 30. The van der Waals surface area contributed by atoms with Crippen LogP contribution in [-0.4, -0.2) is 159 Å². The molecule has 568 valence electrons. The SMILES string of the molecule is O=C(OC[C@H]1O[C@@H](OC[C@H]2O[C@H](OC[C@H]3O[C@H](O)[C@H](OC(=O)c4ccccc4)[C@@H](OC(=O)c4ccccc4)[C@@H]3OC(=O)c3ccccc3)[C@@H](OCc3ccccc3)[C@@H](OCc3ccccc3)[C@@H]2OCc2ccccc2)[C@H](OC(=O)c2ccccc2)[C@@H](OC(=O)c2ccccc2)[C@@H]1OC(=O)c1ccccc1)c1ccccc1. The van der Waals surface area contributed by atoms with Gasteiger partial charge in [-0.2, -0.15) is 0 Å². The van der Waals surface area contributed by atoms with Gasteiger partial charge in [-0.05, 0) is 102 Å². The maximum Gasteiger partial charge on any atom is 0.338 e. The molecule has 3 saturated heterocycles. The summed E-state index contributed by atoms with van der Waals surface area (Å²) in [6.07, 6.45) is -25.0. The van der Waals surface area contributed by atoms with Gasteiger partial charge in [0.05, 0.1) is 72.0 Å². The first kappa shape index (κ1) is 77.3. The second-order valence-electron chi connectivity index (χ2n) is 26.0. The largest absolute Gasteiger partial charge is 0.459 e. The highest BCUT2D eigenvalue weighted by Gasteiger charge is 2.57. The Morgan fingerprint density at radius 3 is 0.820 bits per heavy atom. The third-order valence-corrected chi connectivity index (χ3v) is 18.4. The van der Waals surface area contributed by atoms with E-state index in [0.717, 1.165) is 5.56 Å². The van der Waals surface area contributed by atoms with Crippen molar-refractivity contribution >= 4 is 41.8 Å². The predicted octanol–water partition coefficient (Wildman–Crippen LogP) is 12.2. The minimum atomic E-state index is -2.11. The number of hydrogen-bond acceptors (Lipinski definition) is 23. The van der Waals surface area contributed by atoms with E-state index < -0.39 is 154 Å². The Labute approximate surface area is 639 Å². The van der Waals surface area contributed by atoms with E-state index in [-0.39, 0.29) is 58.8 Å². The highest BCUT2D eigenvalue weighted by Crippen LogP contribution is 2.38.